The van der Waals surface area contributed by atoms with E-state index < -0.39 is 11.8 Å². The molecule has 0 saturated carbocycles. The summed E-state index contributed by atoms with van der Waals surface area (Å²) in [6, 6.07) is 14.4. The third-order valence-corrected chi connectivity index (χ3v) is 2.86. The number of benzene rings is 2. The van der Waals surface area contributed by atoms with Crippen LogP contribution in [0.25, 0.3) is 10.9 Å². The average molecular weight is 267 g/mol. The monoisotopic (exact) mass is 267 g/mol. The second-order valence-electron chi connectivity index (χ2n) is 4.23. The zero-order chi connectivity index (χ0) is 13.9. The molecule has 1 heterocycles. The highest BCUT2D eigenvalue weighted by Gasteiger charge is 2.11. The lowest BCUT2D eigenvalue weighted by Crippen LogP contribution is -2.09. The smallest absolute Gasteiger partial charge is 0.343 e. The van der Waals surface area contributed by atoms with Gasteiger partial charge in [-0.3, -0.25) is 4.98 Å². The van der Waals surface area contributed by atoms with Crippen molar-refractivity contribution in [3.8, 4) is 5.75 Å². The van der Waals surface area contributed by atoms with Gasteiger partial charge in [0, 0.05) is 11.6 Å². The lowest BCUT2D eigenvalue weighted by Gasteiger charge is -2.06. The van der Waals surface area contributed by atoms with Gasteiger partial charge in [0.1, 0.15) is 11.3 Å². The van der Waals surface area contributed by atoms with Crippen LogP contribution in [-0.4, -0.2) is 11.0 Å². The van der Waals surface area contributed by atoms with Gasteiger partial charge in [-0.15, -0.1) is 0 Å². The molecule has 2 aromatic carbocycles. The van der Waals surface area contributed by atoms with Crippen LogP contribution in [0.1, 0.15) is 10.4 Å². The Morgan fingerprint density at radius 2 is 1.85 bits per heavy atom. The molecule has 0 spiro atoms. The summed E-state index contributed by atoms with van der Waals surface area (Å²) in [4.78, 5) is 16.2. The van der Waals surface area contributed by atoms with Crippen LogP contribution in [0.4, 0.5) is 4.39 Å². The third-order valence-electron chi connectivity index (χ3n) is 2.86. The average Bonchev–Trinajstić information content (AvgIpc) is 2.47. The number of hydrogen-bond donors (Lipinski definition) is 0. The molecule has 0 bridgehead atoms. The van der Waals surface area contributed by atoms with Crippen molar-refractivity contribution in [3.05, 3.63) is 72.2 Å². The zero-order valence-electron chi connectivity index (χ0n) is 10.4. The molecular formula is C16H10FNO2. The van der Waals surface area contributed by atoms with E-state index in [1.54, 1.807) is 24.4 Å². The molecule has 0 fully saturated rings. The maximum Gasteiger partial charge on any atom is 0.343 e. The number of pyridine rings is 1. The van der Waals surface area contributed by atoms with Crippen LogP contribution in [0, 0.1) is 5.82 Å². The van der Waals surface area contributed by atoms with Crippen LogP contribution in [0.3, 0.4) is 0 Å². The van der Waals surface area contributed by atoms with Crippen LogP contribution < -0.4 is 4.74 Å². The molecule has 3 rings (SSSR count). The number of fused-ring (bicyclic) bond motifs is 1. The molecule has 0 aliphatic heterocycles. The molecular weight excluding hydrogens is 257 g/mol. The molecule has 20 heavy (non-hydrogen) atoms. The second-order valence-corrected chi connectivity index (χ2v) is 4.23. The second kappa shape index (κ2) is 5.09. The van der Waals surface area contributed by atoms with Crippen molar-refractivity contribution in [3.63, 3.8) is 0 Å². The summed E-state index contributed by atoms with van der Waals surface area (Å²) in [6.07, 6.45) is 1.63. The SMILES string of the molecule is O=C(Oc1cccc2cccnc12)c1cccc(F)c1. The van der Waals surface area contributed by atoms with Crippen molar-refractivity contribution in [1.82, 2.24) is 4.98 Å². The van der Waals surface area contributed by atoms with Gasteiger partial charge >= 0.3 is 5.97 Å². The van der Waals surface area contributed by atoms with E-state index in [2.05, 4.69) is 4.98 Å². The highest BCUT2D eigenvalue weighted by Crippen LogP contribution is 2.23. The Kier molecular flexibility index (Phi) is 3.13. The number of carbonyl (C=O) groups is 1. The number of halogens is 1. The van der Waals surface area contributed by atoms with Crippen molar-refractivity contribution < 1.29 is 13.9 Å². The molecule has 0 unspecified atom stereocenters. The fourth-order valence-corrected chi connectivity index (χ4v) is 1.93. The lowest BCUT2D eigenvalue weighted by molar-refractivity contribution is 0.0736. The quantitative estimate of drug-likeness (QED) is 0.526. The summed E-state index contributed by atoms with van der Waals surface area (Å²) >= 11 is 0. The largest absolute Gasteiger partial charge is 0.421 e. The van der Waals surface area contributed by atoms with Crippen molar-refractivity contribution in [2.24, 2.45) is 0 Å². The maximum absolute atomic E-state index is 13.1. The molecule has 0 atom stereocenters. The lowest BCUT2D eigenvalue weighted by atomic mass is 10.2. The number of para-hydroxylation sites is 1. The predicted octanol–water partition coefficient (Wildman–Crippen LogP) is 3.59. The highest BCUT2D eigenvalue weighted by molar-refractivity contribution is 5.94. The fraction of sp³-hybridized carbons (Fsp3) is 0. The number of aromatic nitrogens is 1. The first-order valence-corrected chi connectivity index (χ1v) is 6.05. The van der Waals surface area contributed by atoms with Gasteiger partial charge < -0.3 is 4.74 Å². The topological polar surface area (TPSA) is 39.2 Å². The first kappa shape index (κ1) is 12.3. The minimum atomic E-state index is -0.609. The zero-order valence-corrected chi connectivity index (χ0v) is 10.4. The minimum Gasteiger partial charge on any atom is -0.421 e. The van der Waals surface area contributed by atoms with E-state index in [4.69, 9.17) is 4.74 Å². The van der Waals surface area contributed by atoms with Gasteiger partial charge in [0.25, 0.3) is 0 Å². The Bertz CT molecular complexity index is 781. The van der Waals surface area contributed by atoms with Crippen LogP contribution in [0.5, 0.6) is 5.75 Å². The van der Waals surface area contributed by atoms with Crippen molar-refractivity contribution in [2.45, 2.75) is 0 Å². The molecule has 0 N–H and O–H groups in total. The highest BCUT2D eigenvalue weighted by atomic mass is 19.1. The summed E-state index contributed by atoms with van der Waals surface area (Å²) in [5, 5.41) is 0.872. The number of esters is 1. The third kappa shape index (κ3) is 2.36. The van der Waals surface area contributed by atoms with E-state index in [1.165, 1.54) is 18.2 Å². The molecule has 0 radical (unpaired) electrons. The summed E-state index contributed by atoms with van der Waals surface area (Å²) < 4.78 is 18.4. The van der Waals surface area contributed by atoms with E-state index in [9.17, 15) is 9.18 Å². The van der Waals surface area contributed by atoms with Gasteiger partial charge in [-0.1, -0.05) is 24.3 Å². The Hall–Kier alpha value is -2.75. The summed E-state index contributed by atoms with van der Waals surface area (Å²) in [5.74, 6) is -0.726. The van der Waals surface area contributed by atoms with Crippen LogP contribution >= 0.6 is 0 Å². The number of hydrogen-bond acceptors (Lipinski definition) is 3. The summed E-state index contributed by atoms with van der Waals surface area (Å²) in [5.41, 5.74) is 0.762. The van der Waals surface area contributed by atoms with Crippen LogP contribution in [0.15, 0.2) is 60.8 Å². The van der Waals surface area contributed by atoms with Crippen molar-refractivity contribution in [1.29, 1.82) is 0 Å². The van der Waals surface area contributed by atoms with E-state index in [0.29, 0.717) is 11.3 Å². The molecule has 4 heteroatoms. The van der Waals surface area contributed by atoms with Gasteiger partial charge in [-0.25, -0.2) is 9.18 Å². The van der Waals surface area contributed by atoms with E-state index in [1.807, 2.05) is 12.1 Å². The normalized spacial score (nSPS) is 10.4. The van der Waals surface area contributed by atoms with E-state index in [-0.39, 0.29) is 5.56 Å². The Labute approximate surface area is 114 Å². The molecule has 98 valence electrons. The summed E-state index contributed by atoms with van der Waals surface area (Å²) in [7, 11) is 0. The number of nitrogens with zero attached hydrogens (tertiary/aromatic N) is 1. The van der Waals surface area contributed by atoms with Crippen molar-refractivity contribution in [2.75, 3.05) is 0 Å². The molecule has 1 aromatic heterocycles. The number of carbonyl (C=O) groups excluding carboxylic acids is 1. The molecule has 3 aromatic rings. The Balaban J connectivity index is 1.95. The van der Waals surface area contributed by atoms with Crippen LogP contribution in [-0.2, 0) is 0 Å². The molecule has 0 aliphatic carbocycles. The minimum absolute atomic E-state index is 0.165. The first-order chi connectivity index (χ1) is 9.74. The van der Waals surface area contributed by atoms with Gasteiger partial charge in [0.2, 0.25) is 0 Å². The standard InChI is InChI=1S/C16H10FNO2/c17-13-7-1-5-12(10-13)16(19)20-14-8-2-4-11-6-3-9-18-15(11)14/h1-10H. The molecule has 0 aliphatic rings. The summed E-state index contributed by atoms with van der Waals surface area (Å²) in [6.45, 7) is 0. The maximum atomic E-state index is 13.1. The van der Waals surface area contributed by atoms with Gasteiger partial charge in [0.15, 0.2) is 5.75 Å². The van der Waals surface area contributed by atoms with Gasteiger partial charge in [0.05, 0.1) is 5.56 Å². The van der Waals surface area contributed by atoms with Crippen LogP contribution in [0.2, 0.25) is 0 Å². The van der Waals surface area contributed by atoms with E-state index >= 15 is 0 Å². The number of rotatable bonds is 2. The molecule has 0 saturated heterocycles. The van der Waals surface area contributed by atoms with E-state index in [0.717, 1.165) is 11.5 Å². The Morgan fingerprint density at radius 1 is 1.05 bits per heavy atom. The van der Waals surface area contributed by atoms with Gasteiger partial charge in [-0.05, 0) is 30.3 Å². The fourth-order valence-electron chi connectivity index (χ4n) is 1.93. The molecule has 3 nitrogen and oxygen atoms in total. The first-order valence-electron chi connectivity index (χ1n) is 6.05. The molecule has 0 amide bonds. The number of ether oxygens (including phenoxy) is 1. The Morgan fingerprint density at radius 3 is 2.70 bits per heavy atom. The van der Waals surface area contributed by atoms with Crippen molar-refractivity contribution >= 4 is 16.9 Å². The van der Waals surface area contributed by atoms with Gasteiger partial charge in [-0.2, -0.15) is 0 Å². The predicted molar refractivity (Wildman–Crippen MR) is 73.1 cm³/mol.